The molecule has 4 heteroatoms. The molecule has 64 valence electrons. The largest absolute Gasteiger partial charge is 0.481 e. The Morgan fingerprint density at radius 3 is 3.25 bits per heavy atom. The number of rotatable bonds is 2. The Morgan fingerprint density at radius 1 is 1.75 bits per heavy atom. The Bertz CT molecular complexity index is 285. The van der Waals surface area contributed by atoms with Crippen molar-refractivity contribution in [2.24, 2.45) is 5.92 Å². The van der Waals surface area contributed by atoms with Crippen LogP contribution in [-0.4, -0.2) is 21.3 Å². The number of nitrogens with one attached hydrogen (secondary N) is 1. The first-order valence-corrected chi connectivity index (χ1v) is 3.98. The average molecular weight is 166 g/mol. The lowest BCUT2D eigenvalue weighted by Crippen LogP contribution is -2.07. The molecule has 1 aromatic rings. The minimum absolute atomic E-state index is 0.266. The predicted molar refractivity (Wildman–Crippen MR) is 41.7 cm³/mol. The van der Waals surface area contributed by atoms with E-state index in [-0.39, 0.29) is 12.3 Å². The number of carboxylic acid groups (broad SMARTS) is 1. The minimum Gasteiger partial charge on any atom is -0.481 e. The highest BCUT2D eigenvalue weighted by molar-refractivity contribution is 5.67. The van der Waals surface area contributed by atoms with E-state index >= 15 is 0 Å². The fourth-order valence-corrected chi connectivity index (χ4v) is 1.75. The van der Waals surface area contributed by atoms with Crippen LogP contribution >= 0.6 is 0 Å². The van der Waals surface area contributed by atoms with Crippen molar-refractivity contribution in [2.45, 2.75) is 19.3 Å². The molecule has 0 saturated carbocycles. The Morgan fingerprint density at radius 2 is 2.58 bits per heavy atom. The maximum absolute atomic E-state index is 10.4. The number of fused-ring (bicyclic) bond motifs is 1. The number of aliphatic carboxylic acids is 1. The summed E-state index contributed by atoms with van der Waals surface area (Å²) in [5.41, 5.74) is 2.29. The summed E-state index contributed by atoms with van der Waals surface area (Å²) < 4.78 is 0. The first kappa shape index (κ1) is 7.34. The zero-order chi connectivity index (χ0) is 8.55. The summed E-state index contributed by atoms with van der Waals surface area (Å²) in [7, 11) is 0. The number of H-pyrrole nitrogens is 1. The van der Waals surface area contributed by atoms with Crippen LogP contribution in [0.15, 0.2) is 6.20 Å². The normalized spacial score (nSPS) is 20.8. The van der Waals surface area contributed by atoms with E-state index in [0.29, 0.717) is 0 Å². The molecule has 1 atom stereocenters. The van der Waals surface area contributed by atoms with Crippen LogP contribution in [0.5, 0.6) is 0 Å². The van der Waals surface area contributed by atoms with E-state index in [1.165, 1.54) is 5.56 Å². The van der Waals surface area contributed by atoms with Gasteiger partial charge < -0.3 is 5.11 Å². The third kappa shape index (κ3) is 1.20. The van der Waals surface area contributed by atoms with Crippen LogP contribution in [-0.2, 0) is 17.6 Å². The maximum atomic E-state index is 10.4. The average Bonchev–Trinajstić information content (AvgIpc) is 2.43. The molecular formula is C8H10N2O2. The molecule has 0 fully saturated rings. The molecule has 2 N–H and O–H groups in total. The van der Waals surface area contributed by atoms with Crippen LogP contribution in [0.2, 0.25) is 0 Å². The number of aromatic nitrogens is 2. The lowest BCUT2D eigenvalue weighted by atomic mass is 10.0. The van der Waals surface area contributed by atoms with Crippen molar-refractivity contribution in [3.63, 3.8) is 0 Å². The van der Waals surface area contributed by atoms with Gasteiger partial charge in [0.2, 0.25) is 0 Å². The van der Waals surface area contributed by atoms with Gasteiger partial charge in [0.05, 0.1) is 6.20 Å². The topological polar surface area (TPSA) is 66.0 Å². The zero-order valence-electron chi connectivity index (χ0n) is 6.58. The summed E-state index contributed by atoms with van der Waals surface area (Å²) in [5, 5.41) is 15.3. The smallest absolute Gasteiger partial charge is 0.303 e. The van der Waals surface area contributed by atoms with E-state index < -0.39 is 5.97 Å². The van der Waals surface area contributed by atoms with Gasteiger partial charge in [0.15, 0.2) is 0 Å². The van der Waals surface area contributed by atoms with Gasteiger partial charge in [-0.1, -0.05) is 0 Å². The van der Waals surface area contributed by atoms with Crippen molar-refractivity contribution in [1.29, 1.82) is 0 Å². The lowest BCUT2D eigenvalue weighted by Gasteiger charge is -2.02. The number of hydrogen-bond donors (Lipinski definition) is 2. The van der Waals surface area contributed by atoms with Crippen molar-refractivity contribution in [1.82, 2.24) is 10.2 Å². The molecule has 0 saturated heterocycles. The van der Waals surface area contributed by atoms with Crippen molar-refractivity contribution in [3.8, 4) is 0 Å². The molecule has 4 nitrogen and oxygen atoms in total. The number of aromatic amines is 1. The summed E-state index contributed by atoms with van der Waals surface area (Å²) in [6.45, 7) is 0. The molecule has 0 aromatic carbocycles. The summed E-state index contributed by atoms with van der Waals surface area (Å²) in [4.78, 5) is 10.4. The first-order valence-electron chi connectivity index (χ1n) is 3.98. The van der Waals surface area contributed by atoms with Crippen LogP contribution < -0.4 is 0 Å². The number of carboxylic acids is 1. The molecule has 1 aliphatic rings. The van der Waals surface area contributed by atoms with E-state index in [1.807, 2.05) is 0 Å². The SMILES string of the molecule is O=C(O)CC1Cc2cn[nH]c2C1. The van der Waals surface area contributed by atoms with E-state index in [1.54, 1.807) is 6.20 Å². The van der Waals surface area contributed by atoms with Crippen LogP contribution in [0.25, 0.3) is 0 Å². The van der Waals surface area contributed by atoms with Gasteiger partial charge in [0.1, 0.15) is 0 Å². The van der Waals surface area contributed by atoms with Gasteiger partial charge in [0.25, 0.3) is 0 Å². The van der Waals surface area contributed by atoms with Crippen LogP contribution in [0, 0.1) is 5.92 Å². The third-order valence-electron chi connectivity index (χ3n) is 2.27. The predicted octanol–water partition coefficient (Wildman–Crippen LogP) is 0.599. The molecular weight excluding hydrogens is 156 g/mol. The number of carbonyl (C=O) groups is 1. The molecule has 2 rings (SSSR count). The maximum Gasteiger partial charge on any atom is 0.303 e. The monoisotopic (exact) mass is 166 g/mol. The third-order valence-corrected chi connectivity index (χ3v) is 2.27. The summed E-state index contributed by atoms with van der Waals surface area (Å²) in [5.74, 6) is -0.440. The second kappa shape index (κ2) is 2.62. The van der Waals surface area contributed by atoms with Crippen LogP contribution in [0.1, 0.15) is 17.7 Å². The van der Waals surface area contributed by atoms with Crippen molar-refractivity contribution in [2.75, 3.05) is 0 Å². The van der Waals surface area contributed by atoms with Gasteiger partial charge in [-0.15, -0.1) is 0 Å². The highest BCUT2D eigenvalue weighted by Crippen LogP contribution is 2.26. The Kier molecular flexibility index (Phi) is 1.60. The molecule has 1 heterocycles. The van der Waals surface area contributed by atoms with E-state index in [2.05, 4.69) is 10.2 Å². The van der Waals surface area contributed by atoms with Crippen LogP contribution in [0.3, 0.4) is 0 Å². The van der Waals surface area contributed by atoms with Crippen molar-refractivity contribution in [3.05, 3.63) is 17.5 Å². The second-order valence-corrected chi connectivity index (χ2v) is 3.25. The fourth-order valence-electron chi connectivity index (χ4n) is 1.75. The van der Waals surface area contributed by atoms with Crippen molar-refractivity contribution < 1.29 is 9.90 Å². The quantitative estimate of drug-likeness (QED) is 0.676. The van der Waals surface area contributed by atoms with E-state index in [9.17, 15) is 4.79 Å². The van der Waals surface area contributed by atoms with Gasteiger partial charge in [-0.05, 0) is 24.3 Å². The van der Waals surface area contributed by atoms with Crippen molar-refractivity contribution >= 4 is 5.97 Å². The van der Waals surface area contributed by atoms with Gasteiger partial charge in [0, 0.05) is 12.1 Å². The van der Waals surface area contributed by atoms with Gasteiger partial charge in [-0.2, -0.15) is 5.10 Å². The molecule has 0 amide bonds. The van der Waals surface area contributed by atoms with E-state index in [0.717, 1.165) is 18.5 Å². The number of nitrogens with zero attached hydrogens (tertiary/aromatic N) is 1. The minimum atomic E-state index is -0.710. The highest BCUT2D eigenvalue weighted by Gasteiger charge is 2.24. The molecule has 1 aliphatic carbocycles. The van der Waals surface area contributed by atoms with Gasteiger partial charge >= 0.3 is 5.97 Å². The van der Waals surface area contributed by atoms with Gasteiger partial charge in [-0.3, -0.25) is 9.89 Å². The first-order chi connectivity index (χ1) is 5.75. The molecule has 1 unspecified atom stereocenters. The zero-order valence-corrected chi connectivity index (χ0v) is 6.58. The Labute approximate surface area is 69.6 Å². The molecule has 0 bridgehead atoms. The lowest BCUT2D eigenvalue weighted by molar-refractivity contribution is -0.138. The molecule has 0 aliphatic heterocycles. The second-order valence-electron chi connectivity index (χ2n) is 3.25. The summed E-state index contributed by atoms with van der Waals surface area (Å²) in [6.07, 6.45) is 3.75. The van der Waals surface area contributed by atoms with Gasteiger partial charge in [-0.25, -0.2) is 0 Å². The number of hydrogen-bond acceptors (Lipinski definition) is 2. The fraction of sp³-hybridized carbons (Fsp3) is 0.500. The summed E-state index contributed by atoms with van der Waals surface area (Å²) in [6, 6.07) is 0. The Hall–Kier alpha value is -1.32. The molecule has 12 heavy (non-hydrogen) atoms. The molecule has 1 aromatic heterocycles. The highest BCUT2D eigenvalue weighted by atomic mass is 16.4. The Balaban J connectivity index is 2.03. The molecule has 0 radical (unpaired) electrons. The van der Waals surface area contributed by atoms with Crippen LogP contribution in [0.4, 0.5) is 0 Å². The summed E-state index contributed by atoms with van der Waals surface area (Å²) >= 11 is 0. The standard InChI is InChI=1S/C8H10N2O2/c11-8(12)3-5-1-6-4-9-10-7(6)2-5/h4-5H,1-3H2,(H,9,10)(H,11,12). The van der Waals surface area contributed by atoms with E-state index in [4.69, 9.17) is 5.11 Å². The molecule has 0 spiro atoms.